The van der Waals surface area contributed by atoms with Gasteiger partial charge < -0.3 is 5.11 Å². The maximum Gasteiger partial charge on any atom is 0.354 e. The molecule has 0 unspecified atom stereocenters. The van der Waals surface area contributed by atoms with Gasteiger partial charge in [-0.05, 0) is 30.7 Å². The summed E-state index contributed by atoms with van der Waals surface area (Å²) in [5.41, 5.74) is 1.30. The lowest BCUT2D eigenvalue weighted by Crippen LogP contribution is -2.01. The fourth-order valence-corrected chi connectivity index (χ4v) is 2.05. The molecule has 0 aliphatic rings. The molecule has 0 amide bonds. The van der Waals surface area contributed by atoms with Crippen molar-refractivity contribution in [1.82, 2.24) is 4.98 Å². The first-order chi connectivity index (χ1) is 7.49. The fourth-order valence-electron chi connectivity index (χ4n) is 1.53. The predicted octanol–water partition coefficient (Wildman–Crippen LogP) is 3.55. The van der Waals surface area contributed by atoms with Crippen molar-refractivity contribution in [1.29, 1.82) is 0 Å². The SMILES string of the molecule is Cc1cc(Cl)cc2c(Cl)cc(C(=O)O)nc12. The van der Waals surface area contributed by atoms with Gasteiger partial charge in [-0.3, -0.25) is 0 Å². The molecule has 0 aliphatic carbocycles. The van der Waals surface area contributed by atoms with Gasteiger partial charge >= 0.3 is 5.97 Å². The van der Waals surface area contributed by atoms with E-state index in [-0.39, 0.29) is 5.69 Å². The third-order valence-electron chi connectivity index (χ3n) is 2.24. The Morgan fingerprint density at radius 2 is 2.00 bits per heavy atom. The summed E-state index contributed by atoms with van der Waals surface area (Å²) in [6.45, 7) is 1.81. The van der Waals surface area contributed by atoms with E-state index in [1.807, 2.05) is 6.92 Å². The van der Waals surface area contributed by atoms with Crippen LogP contribution in [0.3, 0.4) is 0 Å². The molecule has 82 valence electrons. The van der Waals surface area contributed by atoms with Crippen LogP contribution in [-0.4, -0.2) is 16.1 Å². The summed E-state index contributed by atoms with van der Waals surface area (Å²) >= 11 is 11.9. The quantitative estimate of drug-likeness (QED) is 0.848. The molecule has 0 saturated carbocycles. The molecule has 5 heteroatoms. The smallest absolute Gasteiger partial charge is 0.354 e. The number of aryl methyl sites for hydroxylation is 1. The van der Waals surface area contributed by atoms with Gasteiger partial charge in [0.1, 0.15) is 5.69 Å². The molecule has 1 N–H and O–H groups in total. The molecule has 0 fully saturated rings. The van der Waals surface area contributed by atoms with Crippen LogP contribution in [0, 0.1) is 6.92 Å². The molecule has 0 aliphatic heterocycles. The zero-order valence-corrected chi connectivity index (χ0v) is 9.80. The second-order valence-electron chi connectivity index (χ2n) is 3.41. The molecule has 0 bridgehead atoms. The van der Waals surface area contributed by atoms with E-state index in [9.17, 15) is 4.79 Å². The van der Waals surface area contributed by atoms with Crippen molar-refractivity contribution in [2.45, 2.75) is 6.92 Å². The Balaban J connectivity index is 2.87. The van der Waals surface area contributed by atoms with E-state index in [1.54, 1.807) is 12.1 Å². The van der Waals surface area contributed by atoms with Gasteiger partial charge in [-0.15, -0.1) is 0 Å². The lowest BCUT2D eigenvalue weighted by molar-refractivity contribution is 0.0691. The van der Waals surface area contributed by atoms with Gasteiger partial charge in [-0.25, -0.2) is 9.78 Å². The number of fused-ring (bicyclic) bond motifs is 1. The van der Waals surface area contributed by atoms with E-state index in [2.05, 4.69) is 4.98 Å². The number of rotatable bonds is 1. The lowest BCUT2D eigenvalue weighted by Gasteiger charge is -2.05. The standard InChI is InChI=1S/C11H7Cl2NO2/c1-5-2-6(12)3-7-8(13)4-9(11(15)16)14-10(5)7/h2-4H,1H3,(H,15,16). The van der Waals surface area contributed by atoms with Crippen LogP contribution >= 0.6 is 23.2 Å². The summed E-state index contributed by atoms with van der Waals surface area (Å²) in [7, 11) is 0. The van der Waals surface area contributed by atoms with Crippen molar-refractivity contribution in [3.8, 4) is 0 Å². The molecule has 1 aromatic heterocycles. The number of nitrogens with zero attached hydrogens (tertiary/aromatic N) is 1. The van der Waals surface area contributed by atoms with Crippen LogP contribution in [0.15, 0.2) is 18.2 Å². The third kappa shape index (κ3) is 1.84. The van der Waals surface area contributed by atoms with Gasteiger partial charge in [0.15, 0.2) is 0 Å². The summed E-state index contributed by atoms with van der Waals surface area (Å²) in [5, 5.41) is 10.4. The molecule has 0 saturated heterocycles. The summed E-state index contributed by atoms with van der Waals surface area (Å²) in [5.74, 6) is -1.10. The molecule has 3 nitrogen and oxygen atoms in total. The normalized spacial score (nSPS) is 10.7. The van der Waals surface area contributed by atoms with Crippen LogP contribution in [0.25, 0.3) is 10.9 Å². The Kier molecular flexibility index (Phi) is 2.74. The highest BCUT2D eigenvalue weighted by molar-refractivity contribution is 6.37. The minimum atomic E-state index is -1.10. The van der Waals surface area contributed by atoms with Crippen molar-refractivity contribution in [3.05, 3.63) is 39.5 Å². The van der Waals surface area contributed by atoms with E-state index >= 15 is 0 Å². The van der Waals surface area contributed by atoms with Crippen LogP contribution in [0.1, 0.15) is 16.1 Å². The number of hydrogen-bond donors (Lipinski definition) is 1. The molecule has 0 radical (unpaired) electrons. The number of hydrogen-bond acceptors (Lipinski definition) is 2. The number of benzene rings is 1. The van der Waals surface area contributed by atoms with Crippen LogP contribution in [0.4, 0.5) is 0 Å². The number of aromatic carboxylic acids is 1. The Bertz CT molecular complexity index is 596. The van der Waals surface area contributed by atoms with Gasteiger partial charge in [0.2, 0.25) is 0 Å². The molecular weight excluding hydrogens is 249 g/mol. The highest BCUT2D eigenvalue weighted by Gasteiger charge is 2.11. The summed E-state index contributed by atoms with van der Waals surface area (Å²) in [6.07, 6.45) is 0. The average molecular weight is 256 g/mol. The fraction of sp³-hybridized carbons (Fsp3) is 0.0909. The zero-order chi connectivity index (χ0) is 11.9. The van der Waals surface area contributed by atoms with Crippen LogP contribution < -0.4 is 0 Å². The highest BCUT2D eigenvalue weighted by atomic mass is 35.5. The van der Waals surface area contributed by atoms with E-state index in [1.165, 1.54) is 6.07 Å². The van der Waals surface area contributed by atoms with Crippen LogP contribution in [0.2, 0.25) is 10.0 Å². The number of pyridine rings is 1. The largest absolute Gasteiger partial charge is 0.477 e. The number of carboxylic acid groups (broad SMARTS) is 1. The zero-order valence-electron chi connectivity index (χ0n) is 8.29. The number of halogens is 2. The van der Waals surface area contributed by atoms with Gasteiger partial charge in [-0.2, -0.15) is 0 Å². The predicted molar refractivity (Wildman–Crippen MR) is 63.5 cm³/mol. The molecule has 0 atom stereocenters. The van der Waals surface area contributed by atoms with E-state index in [4.69, 9.17) is 28.3 Å². The Hall–Kier alpha value is -1.32. The summed E-state index contributed by atoms with van der Waals surface area (Å²) in [6, 6.07) is 4.71. The van der Waals surface area contributed by atoms with E-state index in [0.717, 1.165) is 5.56 Å². The van der Waals surface area contributed by atoms with Crippen molar-refractivity contribution in [2.24, 2.45) is 0 Å². The van der Waals surface area contributed by atoms with Gasteiger partial charge in [0, 0.05) is 10.4 Å². The van der Waals surface area contributed by atoms with Gasteiger partial charge in [0.05, 0.1) is 10.5 Å². The van der Waals surface area contributed by atoms with Crippen LogP contribution in [-0.2, 0) is 0 Å². The number of carbonyl (C=O) groups is 1. The lowest BCUT2D eigenvalue weighted by atomic mass is 10.1. The summed E-state index contributed by atoms with van der Waals surface area (Å²) < 4.78 is 0. The molecule has 2 rings (SSSR count). The number of aromatic nitrogens is 1. The Morgan fingerprint density at radius 3 is 2.62 bits per heavy atom. The minimum Gasteiger partial charge on any atom is -0.477 e. The van der Waals surface area contributed by atoms with Gasteiger partial charge in [-0.1, -0.05) is 23.2 Å². The molecule has 1 heterocycles. The highest BCUT2D eigenvalue weighted by Crippen LogP contribution is 2.28. The van der Waals surface area contributed by atoms with Crippen molar-refractivity contribution in [2.75, 3.05) is 0 Å². The van der Waals surface area contributed by atoms with E-state index in [0.29, 0.717) is 20.9 Å². The monoisotopic (exact) mass is 255 g/mol. The van der Waals surface area contributed by atoms with Crippen LogP contribution in [0.5, 0.6) is 0 Å². The third-order valence-corrected chi connectivity index (χ3v) is 2.77. The molecular formula is C11H7Cl2NO2. The Labute approximate surface area is 102 Å². The van der Waals surface area contributed by atoms with Crippen molar-refractivity contribution < 1.29 is 9.90 Å². The van der Waals surface area contributed by atoms with Gasteiger partial charge in [0.25, 0.3) is 0 Å². The first-order valence-electron chi connectivity index (χ1n) is 4.48. The molecule has 0 spiro atoms. The van der Waals surface area contributed by atoms with Crippen molar-refractivity contribution in [3.63, 3.8) is 0 Å². The summed E-state index contributed by atoms with van der Waals surface area (Å²) in [4.78, 5) is 14.9. The molecule has 16 heavy (non-hydrogen) atoms. The maximum atomic E-state index is 10.8. The first-order valence-corrected chi connectivity index (χ1v) is 5.24. The topological polar surface area (TPSA) is 50.2 Å². The second-order valence-corrected chi connectivity index (χ2v) is 4.26. The first kappa shape index (κ1) is 11.2. The second kappa shape index (κ2) is 3.92. The number of carboxylic acids is 1. The average Bonchev–Trinajstić information content (AvgIpc) is 2.19. The van der Waals surface area contributed by atoms with Crippen molar-refractivity contribution >= 4 is 40.1 Å². The molecule has 2 aromatic rings. The maximum absolute atomic E-state index is 10.8. The minimum absolute atomic E-state index is 0.0667. The van der Waals surface area contributed by atoms with E-state index < -0.39 is 5.97 Å². The Morgan fingerprint density at radius 1 is 1.31 bits per heavy atom. The molecule has 1 aromatic carbocycles.